The van der Waals surface area contributed by atoms with Crippen molar-refractivity contribution in [1.29, 1.82) is 0 Å². The van der Waals surface area contributed by atoms with Gasteiger partial charge in [-0.3, -0.25) is 4.79 Å². The van der Waals surface area contributed by atoms with Crippen LogP contribution in [0.15, 0.2) is 29.1 Å². The first-order valence-electron chi connectivity index (χ1n) is 5.66. The van der Waals surface area contributed by atoms with Crippen LogP contribution in [-0.4, -0.2) is 9.97 Å². The second-order valence-electron chi connectivity index (χ2n) is 3.94. The molecule has 18 heavy (non-hydrogen) atoms. The number of aromatic nitrogens is 2. The number of aryl methyl sites for hydroxylation is 1. The van der Waals surface area contributed by atoms with Crippen molar-refractivity contribution in [2.24, 2.45) is 0 Å². The fourth-order valence-electron chi connectivity index (χ4n) is 1.68. The second-order valence-corrected chi connectivity index (χ2v) is 5.45. The zero-order chi connectivity index (χ0) is 13.1. The van der Waals surface area contributed by atoms with Gasteiger partial charge in [-0.2, -0.15) is 0 Å². The predicted octanol–water partition coefficient (Wildman–Crippen LogP) is 3.65. The quantitative estimate of drug-likeness (QED) is 0.834. The maximum atomic E-state index is 11.9. The first-order chi connectivity index (χ1) is 8.61. The predicted molar refractivity (Wildman–Crippen MR) is 82.0 cm³/mol. The standard InChI is InChI=1S/C13H12ClIN2O/c1-2-4-10-11(15)13(18)17-12(16-10)8-5-3-6-9(14)7-8/h3,5-7H,2,4H2,1H3,(H,16,17,18). The third-order valence-electron chi connectivity index (χ3n) is 2.52. The highest BCUT2D eigenvalue weighted by molar-refractivity contribution is 14.1. The number of nitrogens with zero attached hydrogens (tertiary/aromatic N) is 1. The molecule has 0 aliphatic heterocycles. The summed E-state index contributed by atoms with van der Waals surface area (Å²) in [4.78, 5) is 19.2. The van der Waals surface area contributed by atoms with Crippen LogP contribution >= 0.6 is 34.2 Å². The van der Waals surface area contributed by atoms with Crippen molar-refractivity contribution in [1.82, 2.24) is 9.97 Å². The fourth-order valence-corrected chi connectivity index (χ4v) is 2.40. The second kappa shape index (κ2) is 5.84. The topological polar surface area (TPSA) is 45.8 Å². The van der Waals surface area contributed by atoms with Gasteiger partial charge in [-0.1, -0.05) is 37.1 Å². The Hall–Kier alpha value is -0.880. The van der Waals surface area contributed by atoms with E-state index in [4.69, 9.17) is 11.6 Å². The summed E-state index contributed by atoms with van der Waals surface area (Å²) in [5, 5.41) is 0.630. The first-order valence-corrected chi connectivity index (χ1v) is 7.12. The minimum atomic E-state index is -0.0935. The fraction of sp³-hybridized carbons (Fsp3) is 0.231. The smallest absolute Gasteiger partial charge is 0.264 e. The average Bonchev–Trinajstić information content (AvgIpc) is 2.35. The normalized spacial score (nSPS) is 10.6. The molecule has 3 nitrogen and oxygen atoms in total. The molecule has 0 aliphatic carbocycles. The molecule has 5 heteroatoms. The zero-order valence-electron chi connectivity index (χ0n) is 9.84. The zero-order valence-corrected chi connectivity index (χ0v) is 12.7. The SMILES string of the molecule is CCCc1nc(-c2cccc(Cl)c2)[nH]c(=O)c1I. The Bertz CT molecular complexity index is 625. The van der Waals surface area contributed by atoms with E-state index in [0.717, 1.165) is 24.1 Å². The number of halogens is 2. The van der Waals surface area contributed by atoms with E-state index >= 15 is 0 Å². The lowest BCUT2D eigenvalue weighted by atomic mass is 10.2. The number of hydrogen-bond acceptors (Lipinski definition) is 2. The Morgan fingerprint density at radius 1 is 1.44 bits per heavy atom. The van der Waals surface area contributed by atoms with Gasteiger partial charge in [0.25, 0.3) is 5.56 Å². The first kappa shape index (κ1) is 13.5. The van der Waals surface area contributed by atoms with E-state index in [1.54, 1.807) is 12.1 Å². The molecule has 1 aromatic carbocycles. The summed E-state index contributed by atoms with van der Waals surface area (Å²) in [5.41, 5.74) is 1.58. The van der Waals surface area contributed by atoms with Gasteiger partial charge in [-0.25, -0.2) is 4.98 Å². The molecular weight excluding hydrogens is 363 g/mol. The number of nitrogens with one attached hydrogen (secondary N) is 1. The summed E-state index contributed by atoms with van der Waals surface area (Å²) >= 11 is 7.98. The molecular formula is C13H12ClIN2O. The summed E-state index contributed by atoms with van der Waals surface area (Å²) < 4.78 is 0.667. The van der Waals surface area contributed by atoms with Crippen molar-refractivity contribution in [3.63, 3.8) is 0 Å². The van der Waals surface area contributed by atoms with Crippen molar-refractivity contribution < 1.29 is 0 Å². The van der Waals surface area contributed by atoms with Crippen molar-refractivity contribution in [2.45, 2.75) is 19.8 Å². The maximum absolute atomic E-state index is 11.9. The van der Waals surface area contributed by atoms with Crippen LogP contribution in [-0.2, 0) is 6.42 Å². The molecule has 94 valence electrons. The van der Waals surface area contributed by atoms with Gasteiger partial charge < -0.3 is 4.98 Å². The number of aromatic amines is 1. The summed E-state index contributed by atoms with van der Waals surface area (Å²) in [6, 6.07) is 7.31. The van der Waals surface area contributed by atoms with E-state index in [2.05, 4.69) is 16.9 Å². The van der Waals surface area contributed by atoms with Gasteiger partial charge in [0.05, 0.1) is 9.26 Å². The van der Waals surface area contributed by atoms with Gasteiger partial charge in [0.1, 0.15) is 5.82 Å². The van der Waals surface area contributed by atoms with Crippen LogP contribution in [0.1, 0.15) is 19.0 Å². The Labute approximate surface area is 124 Å². The van der Waals surface area contributed by atoms with Crippen molar-refractivity contribution in [2.75, 3.05) is 0 Å². The van der Waals surface area contributed by atoms with Gasteiger partial charge in [-0.05, 0) is 41.1 Å². The van der Waals surface area contributed by atoms with Crippen LogP contribution in [0.3, 0.4) is 0 Å². The highest BCUT2D eigenvalue weighted by Gasteiger charge is 2.09. The lowest BCUT2D eigenvalue weighted by Gasteiger charge is -2.06. The maximum Gasteiger partial charge on any atom is 0.264 e. The van der Waals surface area contributed by atoms with E-state index in [1.165, 1.54) is 0 Å². The number of benzene rings is 1. The Morgan fingerprint density at radius 2 is 2.22 bits per heavy atom. The molecule has 2 rings (SSSR count). The molecule has 1 heterocycles. The molecule has 0 saturated carbocycles. The molecule has 1 aromatic heterocycles. The molecule has 2 aromatic rings. The van der Waals surface area contributed by atoms with Gasteiger partial charge >= 0.3 is 0 Å². The van der Waals surface area contributed by atoms with Crippen LogP contribution in [0.25, 0.3) is 11.4 Å². The van der Waals surface area contributed by atoms with E-state index in [0.29, 0.717) is 14.4 Å². The summed E-state index contributed by atoms with van der Waals surface area (Å²) in [5.74, 6) is 0.575. The third-order valence-corrected chi connectivity index (χ3v) is 3.86. The Kier molecular flexibility index (Phi) is 4.40. The Balaban J connectivity index is 2.55. The van der Waals surface area contributed by atoms with Gasteiger partial charge in [0.2, 0.25) is 0 Å². The molecule has 0 radical (unpaired) electrons. The van der Waals surface area contributed by atoms with E-state index in [9.17, 15) is 4.79 Å². The third kappa shape index (κ3) is 2.92. The molecule has 0 atom stereocenters. The van der Waals surface area contributed by atoms with Gasteiger partial charge in [0.15, 0.2) is 0 Å². The Morgan fingerprint density at radius 3 is 2.89 bits per heavy atom. The van der Waals surface area contributed by atoms with Crippen LogP contribution < -0.4 is 5.56 Å². The molecule has 1 N–H and O–H groups in total. The van der Waals surface area contributed by atoms with Crippen LogP contribution in [0, 0.1) is 3.57 Å². The summed E-state index contributed by atoms with van der Waals surface area (Å²) in [6.07, 6.45) is 1.76. The van der Waals surface area contributed by atoms with Crippen LogP contribution in [0.4, 0.5) is 0 Å². The largest absolute Gasteiger partial charge is 0.306 e. The summed E-state index contributed by atoms with van der Waals surface area (Å²) in [6.45, 7) is 2.07. The van der Waals surface area contributed by atoms with Crippen molar-refractivity contribution in [3.8, 4) is 11.4 Å². The lowest BCUT2D eigenvalue weighted by molar-refractivity contribution is 0.860. The van der Waals surface area contributed by atoms with E-state index in [1.807, 2.05) is 34.7 Å². The lowest BCUT2D eigenvalue weighted by Crippen LogP contribution is -2.16. The minimum absolute atomic E-state index is 0.0935. The van der Waals surface area contributed by atoms with Crippen LogP contribution in [0.5, 0.6) is 0 Å². The number of H-pyrrole nitrogens is 1. The van der Waals surface area contributed by atoms with Gasteiger partial charge in [-0.15, -0.1) is 0 Å². The minimum Gasteiger partial charge on any atom is -0.306 e. The molecule has 0 spiro atoms. The van der Waals surface area contributed by atoms with Crippen LogP contribution in [0.2, 0.25) is 5.02 Å². The van der Waals surface area contributed by atoms with Crippen molar-refractivity contribution >= 4 is 34.2 Å². The molecule has 0 aliphatic rings. The van der Waals surface area contributed by atoms with Gasteiger partial charge in [0, 0.05) is 10.6 Å². The molecule has 0 unspecified atom stereocenters. The summed E-state index contributed by atoms with van der Waals surface area (Å²) in [7, 11) is 0. The highest BCUT2D eigenvalue weighted by atomic mass is 127. The molecule has 0 bridgehead atoms. The molecule has 0 saturated heterocycles. The molecule has 0 fully saturated rings. The number of hydrogen-bond donors (Lipinski definition) is 1. The van der Waals surface area contributed by atoms with E-state index in [-0.39, 0.29) is 5.56 Å². The van der Waals surface area contributed by atoms with Crippen molar-refractivity contribution in [3.05, 3.63) is 48.9 Å². The monoisotopic (exact) mass is 374 g/mol. The number of rotatable bonds is 3. The highest BCUT2D eigenvalue weighted by Crippen LogP contribution is 2.20. The van der Waals surface area contributed by atoms with E-state index < -0.39 is 0 Å². The average molecular weight is 375 g/mol. The molecule has 0 amide bonds.